The van der Waals surface area contributed by atoms with Gasteiger partial charge >= 0.3 is 0 Å². The van der Waals surface area contributed by atoms with Crippen LogP contribution in [0.2, 0.25) is 0 Å². The number of aromatic nitrogens is 2. The second-order valence-electron chi connectivity index (χ2n) is 7.40. The van der Waals surface area contributed by atoms with Gasteiger partial charge in [-0.1, -0.05) is 0 Å². The Morgan fingerprint density at radius 3 is 2.68 bits per heavy atom. The van der Waals surface area contributed by atoms with Crippen molar-refractivity contribution in [2.24, 2.45) is 0 Å². The van der Waals surface area contributed by atoms with Crippen LogP contribution in [0.5, 0.6) is 0 Å². The molecule has 7 heteroatoms. The van der Waals surface area contributed by atoms with Gasteiger partial charge in [0.05, 0.1) is 25.1 Å². The Morgan fingerprint density at radius 2 is 1.86 bits per heavy atom. The molecule has 5 rings (SSSR count). The molecule has 0 spiro atoms. The number of thiophene rings is 1. The van der Waals surface area contributed by atoms with E-state index in [2.05, 4.69) is 10.2 Å². The van der Waals surface area contributed by atoms with E-state index in [9.17, 15) is 4.39 Å². The van der Waals surface area contributed by atoms with E-state index in [1.54, 1.807) is 12.1 Å². The van der Waals surface area contributed by atoms with E-state index in [4.69, 9.17) is 14.7 Å². The Hall–Kier alpha value is -2.09. The maximum Gasteiger partial charge on any atom is 0.146 e. The Balaban J connectivity index is 1.55. The summed E-state index contributed by atoms with van der Waals surface area (Å²) in [6.07, 6.45) is 4.67. The van der Waals surface area contributed by atoms with Crippen molar-refractivity contribution in [3.63, 3.8) is 0 Å². The molecule has 0 radical (unpaired) electrons. The number of ether oxygens (including phenoxy) is 1. The van der Waals surface area contributed by atoms with Gasteiger partial charge in [0.1, 0.15) is 22.3 Å². The summed E-state index contributed by atoms with van der Waals surface area (Å²) in [4.78, 5) is 14.7. The van der Waals surface area contributed by atoms with Crippen molar-refractivity contribution in [1.29, 1.82) is 0 Å². The lowest BCUT2D eigenvalue weighted by Gasteiger charge is -2.25. The third-order valence-corrected chi connectivity index (χ3v) is 6.62. The van der Waals surface area contributed by atoms with Crippen molar-refractivity contribution in [3.8, 4) is 0 Å². The van der Waals surface area contributed by atoms with Crippen molar-refractivity contribution in [2.45, 2.75) is 32.2 Å². The topological polar surface area (TPSA) is 50.3 Å². The lowest BCUT2D eigenvalue weighted by atomic mass is 9.97. The van der Waals surface area contributed by atoms with Crippen molar-refractivity contribution in [3.05, 3.63) is 46.3 Å². The molecule has 3 heterocycles. The highest BCUT2D eigenvalue weighted by Gasteiger charge is 2.22. The maximum absolute atomic E-state index is 13.3. The van der Waals surface area contributed by atoms with Crippen molar-refractivity contribution in [1.82, 2.24) is 14.9 Å². The SMILES string of the molecule is Fc1ccc(Nc2nc(CN3CCOCC3)nc3sc4c(c23)CCCC4)cc1. The van der Waals surface area contributed by atoms with Gasteiger partial charge in [0, 0.05) is 23.7 Å². The van der Waals surface area contributed by atoms with E-state index in [1.165, 1.54) is 35.4 Å². The summed E-state index contributed by atoms with van der Waals surface area (Å²) in [6, 6.07) is 6.45. The number of halogens is 1. The highest BCUT2D eigenvalue weighted by atomic mass is 32.1. The molecular weight excluding hydrogens is 375 g/mol. The van der Waals surface area contributed by atoms with Gasteiger partial charge in [0.25, 0.3) is 0 Å². The lowest BCUT2D eigenvalue weighted by molar-refractivity contribution is 0.0331. The number of rotatable bonds is 4. The summed E-state index contributed by atoms with van der Waals surface area (Å²) >= 11 is 1.81. The molecule has 1 N–H and O–H groups in total. The first-order chi connectivity index (χ1) is 13.8. The van der Waals surface area contributed by atoms with Crippen LogP contribution in [-0.2, 0) is 24.1 Å². The predicted molar refractivity (Wildman–Crippen MR) is 110 cm³/mol. The summed E-state index contributed by atoms with van der Waals surface area (Å²) in [5, 5.41) is 4.58. The Morgan fingerprint density at radius 1 is 1.07 bits per heavy atom. The van der Waals surface area contributed by atoms with Crippen molar-refractivity contribution < 1.29 is 9.13 Å². The molecule has 1 fully saturated rings. The van der Waals surface area contributed by atoms with Crippen LogP contribution in [0.4, 0.5) is 15.9 Å². The van der Waals surface area contributed by atoms with E-state index in [0.717, 1.165) is 73.2 Å². The van der Waals surface area contributed by atoms with Gasteiger partial charge in [0.2, 0.25) is 0 Å². The maximum atomic E-state index is 13.3. The molecule has 1 aliphatic heterocycles. The smallest absolute Gasteiger partial charge is 0.146 e. The average molecular weight is 399 g/mol. The molecule has 3 aromatic rings. The molecule has 0 unspecified atom stereocenters. The molecule has 0 bridgehead atoms. The Bertz CT molecular complexity index is 982. The lowest BCUT2D eigenvalue weighted by Crippen LogP contribution is -2.36. The molecule has 1 saturated heterocycles. The van der Waals surface area contributed by atoms with Crippen LogP contribution in [0.15, 0.2) is 24.3 Å². The molecule has 28 heavy (non-hydrogen) atoms. The predicted octanol–water partition coefficient (Wildman–Crippen LogP) is 4.29. The third-order valence-electron chi connectivity index (χ3n) is 5.44. The molecular formula is C21H23FN4OS. The van der Waals surface area contributed by atoms with Crippen LogP contribution in [0, 0.1) is 5.82 Å². The van der Waals surface area contributed by atoms with E-state index in [1.807, 2.05) is 11.3 Å². The highest BCUT2D eigenvalue weighted by molar-refractivity contribution is 7.19. The molecule has 0 saturated carbocycles. The number of hydrogen-bond acceptors (Lipinski definition) is 6. The minimum atomic E-state index is -0.237. The van der Waals surface area contributed by atoms with Crippen LogP contribution < -0.4 is 5.32 Å². The second kappa shape index (κ2) is 7.73. The first-order valence-electron chi connectivity index (χ1n) is 9.90. The Labute approximate surface area is 167 Å². The minimum Gasteiger partial charge on any atom is -0.379 e. The van der Waals surface area contributed by atoms with Crippen molar-refractivity contribution >= 4 is 33.1 Å². The summed E-state index contributed by atoms with van der Waals surface area (Å²) in [6.45, 7) is 4.05. The zero-order valence-corrected chi connectivity index (χ0v) is 16.5. The zero-order valence-electron chi connectivity index (χ0n) is 15.7. The third kappa shape index (κ3) is 3.62. The highest BCUT2D eigenvalue weighted by Crippen LogP contribution is 2.39. The van der Waals surface area contributed by atoms with Crippen LogP contribution in [-0.4, -0.2) is 41.2 Å². The van der Waals surface area contributed by atoms with E-state index in [-0.39, 0.29) is 5.82 Å². The molecule has 146 valence electrons. The molecule has 1 aromatic carbocycles. The number of nitrogens with zero attached hydrogens (tertiary/aromatic N) is 3. The van der Waals surface area contributed by atoms with E-state index in [0.29, 0.717) is 0 Å². The first-order valence-corrected chi connectivity index (χ1v) is 10.7. The van der Waals surface area contributed by atoms with Gasteiger partial charge in [-0.15, -0.1) is 11.3 Å². The fourth-order valence-electron chi connectivity index (χ4n) is 3.99. The van der Waals surface area contributed by atoms with Gasteiger partial charge in [-0.05, 0) is 55.5 Å². The molecule has 2 aromatic heterocycles. The van der Waals surface area contributed by atoms with Crippen molar-refractivity contribution in [2.75, 3.05) is 31.6 Å². The fraction of sp³-hybridized carbons (Fsp3) is 0.429. The summed E-state index contributed by atoms with van der Waals surface area (Å²) in [7, 11) is 0. The number of nitrogens with one attached hydrogen (secondary N) is 1. The number of anilines is 2. The van der Waals surface area contributed by atoms with Gasteiger partial charge in [0.15, 0.2) is 0 Å². The quantitative estimate of drug-likeness (QED) is 0.711. The number of hydrogen-bond donors (Lipinski definition) is 1. The molecule has 1 aliphatic carbocycles. The Kier molecular flexibility index (Phi) is 4.96. The molecule has 5 nitrogen and oxygen atoms in total. The fourth-order valence-corrected chi connectivity index (χ4v) is 5.27. The van der Waals surface area contributed by atoms with Crippen LogP contribution in [0.1, 0.15) is 29.1 Å². The van der Waals surface area contributed by atoms with E-state index >= 15 is 0 Å². The number of aryl methyl sites for hydroxylation is 2. The van der Waals surface area contributed by atoms with Gasteiger partial charge in [-0.25, -0.2) is 14.4 Å². The zero-order chi connectivity index (χ0) is 18.9. The summed E-state index contributed by atoms with van der Waals surface area (Å²) in [5.74, 6) is 1.44. The summed E-state index contributed by atoms with van der Waals surface area (Å²) < 4.78 is 18.8. The second-order valence-corrected chi connectivity index (χ2v) is 8.48. The van der Waals surface area contributed by atoms with Crippen LogP contribution in [0.3, 0.4) is 0 Å². The summed E-state index contributed by atoms with van der Waals surface area (Å²) in [5.41, 5.74) is 2.24. The normalized spacial score (nSPS) is 17.6. The average Bonchev–Trinajstić information content (AvgIpc) is 3.09. The van der Waals surface area contributed by atoms with Gasteiger partial charge in [-0.2, -0.15) is 0 Å². The molecule has 2 aliphatic rings. The largest absolute Gasteiger partial charge is 0.379 e. The number of morpholine rings is 1. The van der Waals surface area contributed by atoms with Crippen LogP contribution >= 0.6 is 11.3 Å². The molecule has 0 amide bonds. The van der Waals surface area contributed by atoms with Gasteiger partial charge in [-0.3, -0.25) is 4.90 Å². The van der Waals surface area contributed by atoms with Gasteiger partial charge < -0.3 is 10.1 Å². The number of fused-ring (bicyclic) bond motifs is 3. The first kappa shape index (κ1) is 18.0. The monoisotopic (exact) mass is 398 g/mol. The molecule has 0 atom stereocenters. The van der Waals surface area contributed by atoms with Crippen LogP contribution in [0.25, 0.3) is 10.2 Å². The minimum absolute atomic E-state index is 0.237. The standard InChI is InChI=1S/C21H23FN4OS/c22-14-5-7-15(8-6-14)23-20-19-16-3-1-2-4-17(16)28-21(19)25-18(24-20)13-26-9-11-27-12-10-26/h5-8H,1-4,9-13H2,(H,23,24,25). The number of benzene rings is 1. The van der Waals surface area contributed by atoms with E-state index < -0.39 is 0 Å².